The summed E-state index contributed by atoms with van der Waals surface area (Å²) in [7, 11) is 1.39. The number of ether oxygens (including phenoxy) is 1. The summed E-state index contributed by atoms with van der Waals surface area (Å²) in [5, 5.41) is 4.41. The Labute approximate surface area is 151 Å². The van der Waals surface area contributed by atoms with E-state index in [0.29, 0.717) is 5.56 Å². The average Bonchev–Trinajstić information content (AvgIpc) is 2.66. The van der Waals surface area contributed by atoms with Crippen LogP contribution in [-0.2, 0) is 14.3 Å². The van der Waals surface area contributed by atoms with Gasteiger partial charge in [0.1, 0.15) is 0 Å². The van der Waals surface area contributed by atoms with E-state index in [1.807, 2.05) is 31.2 Å². The molecule has 2 N–H and O–H groups in total. The van der Waals surface area contributed by atoms with Gasteiger partial charge in [-0.05, 0) is 24.1 Å². The van der Waals surface area contributed by atoms with E-state index in [1.165, 1.54) is 13.1 Å². The molecule has 0 radical (unpaired) electrons. The second kappa shape index (κ2) is 9.17. The van der Waals surface area contributed by atoms with E-state index in [9.17, 15) is 14.4 Å². The Morgan fingerprint density at radius 1 is 1.00 bits per heavy atom. The van der Waals surface area contributed by atoms with E-state index < -0.39 is 24.0 Å². The van der Waals surface area contributed by atoms with Gasteiger partial charge in [0.25, 0.3) is 5.91 Å². The van der Waals surface area contributed by atoms with Crippen molar-refractivity contribution in [2.24, 2.45) is 0 Å². The molecule has 2 aromatic rings. The molecule has 1 atom stereocenters. The molecule has 0 bridgehead atoms. The predicted molar refractivity (Wildman–Crippen MR) is 98.1 cm³/mol. The highest BCUT2D eigenvalue weighted by Gasteiger charge is 2.25. The zero-order valence-electron chi connectivity index (χ0n) is 14.6. The number of nitrogens with one attached hydrogen (secondary N) is 2. The fourth-order valence-electron chi connectivity index (χ4n) is 2.23. The molecule has 0 heterocycles. The monoisotopic (exact) mass is 352 g/mol. The minimum atomic E-state index is -1.23. The third-order valence-electron chi connectivity index (χ3n) is 3.63. The van der Waals surface area contributed by atoms with Crippen molar-refractivity contribution in [2.45, 2.75) is 13.0 Å². The van der Waals surface area contributed by atoms with Crippen molar-refractivity contribution in [1.29, 1.82) is 0 Å². The first kappa shape index (κ1) is 18.9. The minimum absolute atomic E-state index is 0.464. The zero-order chi connectivity index (χ0) is 18.9. The van der Waals surface area contributed by atoms with Crippen LogP contribution in [0.3, 0.4) is 0 Å². The maximum Gasteiger partial charge on any atom is 0.331 e. The van der Waals surface area contributed by atoms with Crippen LogP contribution >= 0.6 is 0 Å². The number of carbonyl (C=O) groups is 3. The lowest BCUT2D eigenvalue weighted by Crippen LogP contribution is -2.41. The van der Waals surface area contributed by atoms with Gasteiger partial charge >= 0.3 is 12.0 Å². The van der Waals surface area contributed by atoms with E-state index in [2.05, 4.69) is 10.6 Å². The molecule has 2 aromatic carbocycles. The highest BCUT2D eigenvalue weighted by molar-refractivity contribution is 5.98. The fourth-order valence-corrected chi connectivity index (χ4v) is 2.23. The van der Waals surface area contributed by atoms with Crippen molar-refractivity contribution in [2.75, 3.05) is 7.05 Å². The Morgan fingerprint density at radius 3 is 2.31 bits per heavy atom. The molecule has 0 aromatic heterocycles. The van der Waals surface area contributed by atoms with E-state index in [-0.39, 0.29) is 0 Å². The van der Waals surface area contributed by atoms with Crippen LogP contribution in [0.1, 0.15) is 22.8 Å². The molecular weight excluding hydrogens is 332 g/mol. The van der Waals surface area contributed by atoms with Crippen molar-refractivity contribution in [3.63, 3.8) is 0 Å². The van der Waals surface area contributed by atoms with Gasteiger partial charge in [-0.1, -0.05) is 54.6 Å². The van der Waals surface area contributed by atoms with Crippen LogP contribution in [0.15, 0.2) is 60.7 Å². The molecule has 0 fully saturated rings. The number of aryl methyl sites for hydroxylation is 1. The van der Waals surface area contributed by atoms with Gasteiger partial charge in [-0.3, -0.25) is 10.1 Å². The quantitative estimate of drug-likeness (QED) is 0.640. The van der Waals surface area contributed by atoms with Gasteiger partial charge in [-0.15, -0.1) is 0 Å². The summed E-state index contributed by atoms with van der Waals surface area (Å²) in [6, 6.07) is 15.4. The van der Waals surface area contributed by atoms with Gasteiger partial charge in [0.2, 0.25) is 6.10 Å². The van der Waals surface area contributed by atoms with Gasteiger partial charge in [0.05, 0.1) is 0 Å². The summed E-state index contributed by atoms with van der Waals surface area (Å²) in [5.74, 6) is -1.41. The molecule has 0 aliphatic carbocycles. The van der Waals surface area contributed by atoms with Crippen LogP contribution in [0.5, 0.6) is 0 Å². The molecule has 6 nitrogen and oxygen atoms in total. The van der Waals surface area contributed by atoms with E-state index in [0.717, 1.165) is 11.1 Å². The van der Waals surface area contributed by atoms with Crippen LogP contribution in [0.4, 0.5) is 4.79 Å². The maximum absolute atomic E-state index is 12.3. The Balaban J connectivity index is 2.15. The number of imide groups is 1. The highest BCUT2D eigenvalue weighted by Crippen LogP contribution is 2.18. The van der Waals surface area contributed by atoms with Crippen LogP contribution < -0.4 is 10.6 Å². The molecule has 0 spiro atoms. The molecule has 0 unspecified atom stereocenters. The van der Waals surface area contributed by atoms with E-state index in [4.69, 9.17) is 4.74 Å². The number of esters is 1. The standard InChI is InChI=1S/C20H20N2O4/c1-14-8-6-7-9-15(14)12-13-17(23)26-18(16-10-4-3-5-11-16)19(24)22-20(25)21-2/h3-13,18H,1-2H3,(H2,21,22,24,25)/b13-12+/t18-/m1/s1. The van der Waals surface area contributed by atoms with Crippen LogP contribution in [0.25, 0.3) is 6.08 Å². The molecule has 6 heteroatoms. The number of hydrogen-bond acceptors (Lipinski definition) is 4. The number of urea groups is 1. The lowest BCUT2D eigenvalue weighted by molar-refractivity contribution is -0.151. The summed E-state index contributed by atoms with van der Waals surface area (Å²) in [6.07, 6.45) is 1.64. The van der Waals surface area contributed by atoms with Crippen molar-refractivity contribution in [3.8, 4) is 0 Å². The maximum atomic E-state index is 12.3. The van der Waals surface area contributed by atoms with Crippen LogP contribution in [-0.4, -0.2) is 25.0 Å². The summed E-state index contributed by atoms with van der Waals surface area (Å²) >= 11 is 0. The summed E-state index contributed by atoms with van der Waals surface area (Å²) in [5.41, 5.74) is 2.34. The molecule has 0 aliphatic heterocycles. The summed E-state index contributed by atoms with van der Waals surface area (Å²) in [4.78, 5) is 35.9. The minimum Gasteiger partial charge on any atom is -0.444 e. The van der Waals surface area contributed by atoms with Crippen molar-refractivity contribution >= 4 is 24.0 Å². The topological polar surface area (TPSA) is 84.5 Å². The number of hydrogen-bond donors (Lipinski definition) is 2. The van der Waals surface area contributed by atoms with E-state index in [1.54, 1.807) is 36.4 Å². The van der Waals surface area contributed by atoms with Gasteiger partial charge in [-0.2, -0.15) is 0 Å². The molecule has 0 saturated carbocycles. The number of rotatable bonds is 5. The molecule has 3 amide bonds. The Kier molecular flexibility index (Phi) is 6.68. The Morgan fingerprint density at radius 2 is 1.65 bits per heavy atom. The Bertz CT molecular complexity index is 816. The first-order chi connectivity index (χ1) is 12.5. The second-order valence-electron chi connectivity index (χ2n) is 5.49. The molecule has 2 rings (SSSR count). The lowest BCUT2D eigenvalue weighted by Gasteiger charge is -2.16. The van der Waals surface area contributed by atoms with Crippen molar-refractivity contribution in [1.82, 2.24) is 10.6 Å². The molecule has 0 saturated heterocycles. The average molecular weight is 352 g/mol. The number of amides is 3. The third kappa shape index (κ3) is 5.31. The normalized spacial score (nSPS) is 11.6. The lowest BCUT2D eigenvalue weighted by atomic mass is 10.1. The molecule has 0 aliphatic rings. The Hall–Kier alpha value is -3.41. The van der Waals surface area contributed by atoms with Gasteiger partial charge < -0.3 is 10.1 Å². The first-order valence-electron chi connectivity index (χ1n) is 8.03. The molecule has 26 heavy (non-hydrogen) atoms. The second-order valence-corrected chi connectivity index (χ2v) is 5.49. The van der Waals surface area contributed by atoms with Gasteiger partial charge in [0, 0.05) is 18.7 Å². The molecule has 134 valence electrons. The van der Waals surface area contributed by atoms with Crippen molar-refractivity contribution < 1.29 is 19.1 Å². The predicted octanol–water partition coefficient (Wildman–Crippen LogP) is 2.75. The van der Waals surface area contributed by atoms with Crippen LogP contribution in [0.2, 0.25) is 0 Å². The molecular formula is C20H20N2O4. The zero-order valence-corrected chi connectivity index (χ0v) is 14.6. The first-order valence-corrected chi connectivity index (χ1v) is 8.03. The highest BCUT2D eigenvalue weighted by atomic mass is 16.5. The third-order valence-corrected chi connectivity index (χ3v) is 3.63. The van der Waals surface area contributed by atoms with E-state index >= 15 is 0 Å². The number of benzene rings is 2. The van der Waals surface area contributed by atoms with Gasteiger partial charge in [-0.25, -0.2) is 9.59 Å². The smallest absolute Gasteiger partial charge is 0.331 e. The SMILES string of the molecule is CNC(=O)NC(=O)[C@H](OC(=O)/C=C/c1ccccc1C)c1ccccc1. The fraction of sp³-hybridized carbons (Fsp3) is 0.150. The van der Waals surface area contributed by atoms with Crippen LogP contribution in [0, 0.1) is 6.92 Å². The number of carbonyl (C=O) groups excluding carboxylic acids is 3. The van der Waals surface area contributed by atoms with Crippen molar-refractivity contribution in [3.05, 3.63) is 77.4 Å². The summed E-state index contributed by atoms with van der Waals surface area (Å²) in [6.45, 7) is 1.93. The van der Waals surface area contributed by atoms with Gasteiger partial charge in [0.15, 0.2) is 0 Å². The summed E-state index contributed by atoms with van der Waals surface area (Å²) < 4.78 is 5.29. The largest absolute Gasteiger partial charge is 0.444 e.